The third kappa shape index (κ3) is 4.91. The number of aromatic nitrogens is 1. The van der Waals surface area contributed by atoms with Gasteiger partial charge in [-0.3, -0.25) is 24.3 Å². The van der Waals surface area contributed by atoms with Crippen LogP contribution in [0.25, 0.3) is 5.76 Å². The number of aliphatic hydroxyl groups excluding tert-OH is 1. The summed E-state index contributed by atoms with van der Waals surface area (Å²) in [6.07, 6.45) is 3.96. The molecule has 8 heteroatoms. The van der Waals surface area contributed by atoms with Crippen LogP contribution in [-0.4, -0.2) is 34.3 Å². The standard InChI is InChI=1S/C27H25N3O5/c1-3-13-35-22-11-4-7-18(14-22)25(32)23-24(19-8-6-12-28-16-19)30(27(34)26(23)33)21-10-5-9-20(15-21)29-17(2)31/h4-12,14-16,24,32H,3,13H2,1-2H3,(H,29,31)/b25-23+. The van der Waals surface area contributed by atoms with Crippen LogP contribution in [0.1, 0.15) is 37.4 Å². The van der Waals surface area contributed by atoms with E-state index in [4.69, 9.17) is 4.74 Å². The summed E-state index contributed by atoms with van der Waals surface area (Å²) in [6, 6.07) is 15.9. The summed E-state index contributed by atoms with van der Waals surface area (Å²) in [7, 11) is 0. The summed E-state index contributed by atoms with van der Waals surface area (Å²) in [6.45, 7) is 3.88. The number of pyridine rings is 1. The van der Waals surface area contributed by atoms with Gasteiger partial charge in [-0.05, 0) is 48.4 Å². The Labute approximate surface area is 202 Å². The van der Waals surface area contributed by atoms with Gasteiger partial charge in [0.2, 0.25) is 5.91 Å². The molecular weight excluding hydrogens is 446 g/mol. The van der Waals surface area contributed by atoms with Gasteiger partial charge >= 0.3 is 0 Å². The second-order valence-electron chi connectivity index (χ2n) is 8.06. The maximum Gasteiger partial charge on any atom is 0.300 e. The molecule has 1 aliphatic heterocycles. The second kappa shape index (κ2) is 10.2. The fourth-order valence-electron chi connectivity index (χ4n) is 4.00. The molecule has 1 aliphatic rings. The number of benzene rings is 2. The lowest BCUT2D eigenvalue weighted by Gasteiger charge is -2.25. The molecule has 2 heterocycles. The summed E-state index contributed by atoms with van der Waals surface area (Å²) >= 11 is 0. The summed E-state index contributed by atoms with van der Waals surface area (Å²) in [5.74, 6) is -1.64. The summed E-state index contributed by atoms with van der Waals surface area (Å²) in [4.78, 5) is 43.5. The van der Waals surface area contributed by atoms with Gasteiger partial charge in [-0.15, -0.1) is 0 Å². The number of aliphatic hydroxyl groups is 1. The van der Waals surface area contributed by atoms with Gasteiger partial charge in [0.05, 0.1) is 18.2 Å². The van der Waals surface area contributed by atoms with E-state index in [0.717, 1.165) is 6.42 Å². The third-order valence-electron chi connectivity index (χ3n) is 5.47. The van der Waals surface area contributed by atoms with Gasteiger partial charge in [0.25, 0.3) is 11.7 Å². The average molecular weight is 472 g/mol. The fraction of sp³-hybridized carbons (Fsp3) is 0.185. The quantitative estimate of drug-likeness (QED) is 0.299. The molecule has 1 unspecified atom stereocenters. The predicted molar refractivity (Wildman–Crippen MR) is 132 cm³/mol. The summed E-state index contributed by atoms with van der Waals surface area (Å²) in [5.41, 5.74) is 1.73. The molecule has 0 saturated carbocycles. The number of amides is 2. The number of carbonyl (C=O) groups excluding carboxylic acids is 3. The highest BCUT2D eigenvalue weighted by Gasteiger charge is 2.47. The Kier molecular flexibility index (Phi) is 6.91. The van der Waals surface area contributed by atoms with E-state index < -0.39 is 17.7 Å². The van der Waals surface area contributed by atoms with Gasteiger partial charge in [-0.1, -0.05) is 31.2 Å². The zero-order valence-electron chi connectivity index (χ0n) is 19.4. The lowest BCUT2D eigenvalue weighted by Crippen LogP contribution is -2.29. The lowest BCUT2D eigenvalue weighted by molar-refractivity contribution is -0.132. The van der Waals surface area contributed by atoms with Crippen molar-refractivity contribution in [1.29, 1.82) is 0 Å². The molecular formula is C27H25N3O5. The number of nitrogens with one attached hydrogen (secondary N) is 1. The third-order valence-corrected chi connectivity index (χ3v) is 5.47. The van der Waals surface area contributed by atoms with E-state index in [0.29, 0.717) is 34.9 Å². The largest absolute Gasteiger partial charge is 0.507 e. The van der Waals surface area contributed by atoms with Crippen LogP contribution in [0.15, 0.2) is 78.6 Å². The first-order valence-corrected chi connectivity index (χ1v) is 11.2. The first-order chi connectivity index (χ1) is 16.9. The van der Waals surface area contributed by atoms with Crippen molar-refractivity contribution >= 4 is 34.7 Å². The van der Waals surface area contributed by atoms with Crippen LogP contribution in [-0.2, 0) is 14.4 Å². The molecule has 1 aromatic heterocycles. The lowest BCUT2D eigenvalue weighted by atomic mass is 9.96. The average Bonchev–Trinajstić information content (AvgIpc) is 3.13. The van der Waals surface area contributed by atoms with Gasteiger partial charge in [-0.25, -0.2) is 0 Å². The second-order valence-corrected chi connectivity index (χ2v) is 8.06. The minimum Gasteiger partial charge on any atom is -0.507 e. The Balaban J connectivity index is 1.86. The zero-order chi connectivity index (χ0) is 24.9. The van der Waals surface area contributed by atoms with Crippen molar-refractivity contribution in [3.8, 4) is 5.75 Å². The predicted octanol–water partition coefficient (Wildman–Crippen LogP) is 4.46. The van der Waals surface area contributed by atoms with Crippen molar-refractivity contribution < 1.29 is 24.2 Å². The monoisotopic (exact) mass is 471 g/mol. The zero-order valence-corrected chi connectivity index (χ0v) is 19.4. The molecule has 0 radical (unpaired) electrons. The molecule has 0 aliphatic carbocycles. The van der Waals surface area contributed by atoms with Crippen LogP contribution in [0.2, 0.25) is 0 Å². The minimum atomic E-state index is -0.920. The van der Waals surface area contributed by atoms with Gasteiger partial charge in [0.15, 0.2) is 0 Å². The molecule has 1 fully saturated rings. The highest BCUT2D eigenvalue weighted by atomic mass is 16.5. The molecule has 2 N–H and O–H groups in total. The number of hydrogen-bond acceptors (Lipinski definition) is 6. The molecule has 3 aromatic rings. The number of rotatable bonds is 7. The molecule has 1 atom stereocenters. The SMILES string of the molecule is CCCOc1cccc(/C(O)=C2\C(=O)C(=O)N(c3cccc(NC(C)=O)c3)C2c2cccnc2)c1. The molecule has 8 nitrogen and oxygen atoms in total. The van der Waals surface area contributed by atoms with Gasteiger partial charge in [0, 0.05) is 36.3 Å². The van der Waals surface area contributed by atoms with Crippen molar-refractivity contribution in [3.63, 3.8) is 0 Å². The van der Waals surface area contributed by atoms with E-state index in [2.05, 4.69) is 10.3 Å². The number of ketones is 1. The van der Waals surface area contributed by atoms with Crippen molar-refractivity contribution in [1.82, 2.24) is 4.98 Å². The maximum absolute atomic E-state index is 13.3. The molecule has 4 rings (SSSR count). The number of hydrogen-bond donors (Lipinski definition) is 2. The smallest absolute Gasteiger partial charge is 0.300 e. The Morgan fingerprint density at radius 3 is 2.63 bits per heavy atom. The van der Waals surface area contributed by atoms with Crippen LogP contribution in [0.4, 0.5) is 11.4 Å². The number of Topliss-reactive ketones (excluding diaryl/α,β-unsaturated/α-hetero) is 1. The van der Waals surface area contributed by atoms with E-state index in [1.807, 2.05) is 6.92 Å². The van der Waals surface area contributed by atoms with E-state index in [9.17, 15) is 19.5 Å². The van der Waals surface area contributed by atoms with Crippen LogP contribution in [0.3, 0.4) is 0 Å². The molecule has 2 aromatic carbocycles. The topological polar surface area (TPSA) is 109 Å². The summed E-state index contributed by atoms with van der Waals surface area (Å²) < 4.78 is 5.66. The Bertz CT molecular complexity index is 1300. The van der Waals surface area contributed by atoms with E-state index in [1.165, 1.54) is 11.8 Å². The van der Waals surface area contributed by atoms with Gasteiger partial charge in [-0.2, -0.15) is 0 Å². The number of ether oxygens (including phenoxy) is 1. The van der Waals surface area contributed by atoms with Gasteiger partial charge < -0.3 is 15.2 Å². The fourth-order valence-corrected chi connectivity index (χ4v) is 4.00. The molecule has 0 bridgehead atoms. The first kappa shape index (κ1) is 23.7. The van der Waals surface area contributed by atoms with Crippen molar-refractivity contribution in [2.75, 3.05) is 16.8 Å². The molecule has 178 valence electrons. The molecule has 2 amide bonds. The Morgan fingerprint density at radius 1 is 1.11 bits per heavy atom. The van der Waals surface area contributed by atoms with Crippen molar-refractivity contribution in [3.05, 3.63) is 89.8 Å². The van der Waals surface area contributed by atoms with E-state index in [-0.39, 0.29) is 17.2 Å². The van der Waals surface area contributed by atoms with Crippen LogP contribution in [0, 0.1) is 0 Å². The number of nitrogens with zero attached hydrogens (tertiary/aromatic N) is 2. The van der Waals surface area contributed by atoms with E-state index in [1.54, 1.807) is 73.1 Å². The van der Waals surface area contributed by atoms with Crippen molar-refractivity contribution in [2.24, 2.45) is 0 Å². The molecule has 35 heavy (non-hydrogen) atoms. The van der Waals surface area contributed by atoms with Crippen molar-refractivity contribution in [2.45, 2.75) is 26.3 Å². The Morgan fingerprint density at radius 2 is 1.91 bits per heavy atom. The molecule has 1 saturated heterocycles. The summed E-state index contributed by atoms with van der Waals surface area (Å²) in [5, 5.41) is 14.0. The van der Waals surface area contributed by atoms with E-state index >= 15 is 0 Å². The Hall–Kier alpha value is -4.46. The molecule has 0 spiro atoms. The number of carbonyl (C=O) groups is 3. The first-order valence-electron chi connectivity index (χ1n) is 11.2. The van der Waals surface area contributed by atoms with Gasteiger partial charge in [0.1, 0.15) is 11.5 Å². The maximum atomic E-state index is 13.3. The van der Waals surface area contributed by atoms with Crippen LogP contribution in [0.5, 0.6) is 5.75 Å². The normalized spacial score (nSPS) is 16.9. The minimum absolute atomic E-state index is 0.0550. The number of anilines is 2. The highest BCUT2D eigenvalue weighted by Crippen LogP contribution is 2.42. The van der Waals surface area contributed by atoms with Crippen LogP contribution < -0.4 is 15.0 Å². The van der Waals surface area contributed by atoms with Crippen LogP contribution >= 0.6 is 0 Å². The highest BCUT2D eigenvalue weighted by molar-refractivity contribution is 6.51.